The van der Waals surface area contributed by atoms with Crippen molar-refractivity contribution in [1.29, 1.82) is 0 Å². The van der Waals surface area contributed by atoms with Crippen molar-refractivity contribution in [2.24, 2.45) is 0 Å². The second-order valence-electron chi connectivity index (χ2n) is 4.48. The molecular weight excluding hydrogens is 289 g/mol. The van der Waals surface area contributed by atoms with E-state index in [2.05, 4.69) is 15.7 Å². The summed E-state index contributed by atoms with van der Waals surface area (Å²) in [5.74, 6) is -0.0891. The molecule has 0 aromatic carbocycles. The van der Waals surface area contributed by atoms with Crippen LogP contribution in [0.5, 0.6) is 0 Å². The van der Waals surface area contributed by atoms with E-state index in [9.17, 15) is 4.79 Å². The number of nitrogens with one attached hydrogen (secondary N) is 2. The Balaban J connectivity index is 0.00000162. The van der Waals surface area contributed by atoms with Crippen LogP contribution in [0.25, 0.3) is 0 Å². The van der Waals surface area contributed by atoms with E-state index in [4.69, 9.17) is 0 Å². The van der Waals surface area contributed by atoms with E-state index in [1.54, 1.807) is 0 Å². The van der Waals surface area contributed by atoms with E-state index in [0.717, 1.165) is 31.9 Å². The topological polar surface area (TPSA) is 62.2 Å². The number of amides is 1. The molecule has 6 nitrogen and oxygen atoms in total. The van der Waals surface area contributed by atoms with Gasteiger partial charge in [0.15, 0.2) is 0 Å². The number of nitrogens with zero attached hydrogens (tertiary/aromatic N) is 3. The number of hydrogen-bond donors (Lipinski definition) is 2. The minimum Gasteiger partial charge on any atom is -0.349 e. The SMILES string of the molecule is CN(C)CCNC(=O)c1cc2n(n1)CCNC2.Cl.Cl. The van der Waals surface area contributed by atoms with Crippen molar-refractivity contribution in [3.8, 4) is 0 Å². The Morgan fingerprint density at radius 1 is 1.53 bits per heavy atom. The molecule has 0 saturated heterocycles. The van der Waals surface area contributed by atoms with Gasteiger partial charge in [-0.3, -0.25) is 9.48 Å². The number of hydrogen-bond acceptors (Lipinski definition) is 4. The highest BCUT2D eigenvalue weighted by molar-refractivity contribution is 5.92. The smallest absolute Gasteiger partial charge is 0.271 e. The summed E-state index contributed by atoms with van der Waals surface area (Å²) in [5.41, 5.74) is 1.59. The summed E-state index contributed by atoms with van der Waals surface area (Å²) < 4.78 is 1.90. The van der Waals surface area contributed by atoms with Crippen LogP contribution in [-0.2, 0) is 13.1 Å². The lowest BCUT2D eigenvalue weighted by atomic mass is 10.3. The van der Waals surface area contributed by atoms with Crippen LogP contribution in [0.1, 0.15) is 16.2 Å². The Hall–Kier alpha value is -0.820. The van der Waals surface area contributed by atoms with E-state index in [1.807, 2.05) is 29.7 Å². The van der Waals surface area contributed by atoms with Gasteiger partial charge in [0.05, 0.1) is 12.2 Å². The first-order valence-corrected chi connectivity index (χ1v) is 5.87. The molecular formula is C11H21Cl2N5O. The van der Waals surface area contributed by atoms with Gasteiger partial charge in [-0.1, -0.05) is 0 Å². The van der Waals surface area contributed by atoms with Gasteiger partial charge in [-0.25, -0.2) is 0 Å². The number of aromatic nitrogens is 2. The predicted octanol–water partition coefficient (Wildman–Crippen LogP) is 0.121. The summed E-state index contributed by atoms with van der Waals surface area (Å²) in [6.45, 7) is 4.02. The molecule has 0 bridgehead atoms. The number of halogens is 2. The quantitative estimate of drug-likeness (QED) is 0.829. The summed E-state index contributed by atoms with van der Waals surface area (Å²) in [6.07, 6.45) is 0. The maximum absolute atomic E-state index is 11.8. The van der Waals surface area contributed by atoms with Crippen LogP contribution in [0, 0.1) is 0 Å². The molecule has 19 heavy (non-hydrogen) atoms. The largest absolute Gasteiger partial charge is 0.349 e. The Bertz CT molecular complexity index is 384. The van der Waals surface area contributed by atoms with Crippen LogP contribution in [0.3, 0.4) is 0 Å². The van der Waals surface area contributed by atoms with Gasteiger partial charge >= 0.3 is 0 Å². The molecule has 0 spiro atoms. The number of likely N-dealkylation sites (N-methyl/N-ethyl adjacent to an activating group) is 1. The molecule has 110 valence electrons. The third-order valence-electron chi connectivity index (χ3n) is 2.75. The zero-order valence-corrected chi connectivity index (χ0v) is 12.8. The van der Waals surface area contributed by atoms with Gasteiger partial charge in [-0.15, -0.1) is 24.8 Å². The van der Waals surface area contributed by atoms with Crippen molar-refractivity contribution in [2.75, 3.05) is 33.7 Å². The zero-order valence-electron chi connectivity index (χ0n) is 11.2. The molecule has 0 radical (unpaired) electrons. The van der Waals surface area contributed by atoms with E-state index in [1.165, 1.54) is 0 Å². The van der Waals surface area contributed by atoms with Gasteiger partial charge in [0.1, 0.15) is 5.69 Å². The molecule has 0 aliphatic carbocycles. The van der Waals surface area contributed by atoms with Crippen LogP contribution in [-0.4, -0.2) is 54.3 Å². The first-order valence-electron chi connectivity index (χ1n) is 5.87. The van der Waals surface area contributed by atoms with Crippen molar-refractivity contribution in [3.05, 3.63) is 17.5 Å². The maximum Gasteiger partial charge on any atom is 0.271 e. The summed E-state index contributed by atoms with van der Waals surface area (Å²) in [7, 11) is 3.96. The number of carbonyl (C=O) groups is 1. The molecule has 0 fully saturated rings. The fourth-order valence-corrected chi connectivity index (χ4v) is 1.79. The predicted molar refractivity (Wildman–Crippen MR) is 79.3 cm³/mol. The third kappa shape index (κ3) is 4.99. The molecule has 2 N–H and O–H groups in total. The molecule has 1 aliphatic heterocycles. The minimum atomic E-state index is -0.0891. The molecule has 0 atom stereocenters. The minimum absolute atomic E-state index is 0. The van der Waals surface area contributed by atoms with Crippen molar-refractivity contribution in [1.82, 2.24) is 25.3 Å². The second kappa shape index (κ2) is 8.37. The van der Waals surface area contributed by atoms with Crippen molar-refractivity contribution < 1.29 is 4.79 Å². The van der Waals surface area contributed by atoms with Crippen LogP contribution in [0.2, 0.25) is 0 Å². The Kier molecular flexibility index (Phi) is 8.01. The molecule has 2 rings (SSSR count). The normalized spacial score (nSPS) is 13.2. The third-order valence-corrected chi connectivity index (χ3v) is 2.75. The molecule has 2 heterocycles. The summed E-state index contributed by atoms with van der Waals surface area (Å²) in [4.78, 5) is 13.8. The fourth-order valence-electron chi connectivity index (χ4n) is 1.79. The molecule has 8 heteroatoms. The highest BCUT2D eigenvalue weighted by atomic mass is 35.5. The van der Waals surface area contributed by atoms with Gasteiger partial charge in [0.25, 0.3) is 5.91 Å². The zero-order chi connectivity index (χ0) is 12.3. The number of carbonyl (C=O) groups excluding carboxylic acids is 1. The fraction of sp³-hybridized carbons (Fsp3) is 0.636. The lowest BCUT2D eigenvalue weighted by molar-refractivity contribution is 0.0945. The second-order valence-corrected chi connectivity index (χ2v) is 4.48. The highest BCUT2D eigenvalue weighted by Crippen LogP contribution is 2.07. The summed E-state index contributed by atoms with van der Waals surface area (Å²) in [6, 6.07) is 1.86. The number of fused-ring (bicyclic) bond motifs is 1. The monoisotopic (exact) mass is 309 g/mol. The Morgan fingerprint density at radius 3 is 2.89 bits per heavy atom. The van der Waals surface area contributed by atoms with E-state index >= 15 is 0 Å². The highest BCUT2D eigenvalue weighted by Gasteiger charge is 2.15. The summed E-state index contributed by atoms with van der Waals surface area (Å²) >= 11 is 0. The number of rotatable bonds is 4. The van der Waals surface area contributed by atoms with Gasteiger partial charge < -0.3 is 15.5 Å². The van der Waals surface area contributed by atoms with Crippen molar-refractivity contribution >= 4 is 30.7 Å². The van der Waals surface area contributed by atoms with Gasteiger partial charge in [0, 0.05) is 26.2 Å². The maximum atomic E-state index is 11.8. The van der Waals surface area contributed by atoms with E-state index in [0.29, 0.717) is 12.2 Å². The van der Waals surface area contributed by atoms with Crippen molar-refractivity contribution in [2.45, 2.75) is 13.1 Å². The average Bonchev–Trinajstić information content (AvgIpc) is 2.71. The van der Waals surface area contributed by atoms with E-state index < -0.39 is 0 Å². The average molecular weight is 310 g/mol. The molecule has 0 saturated carbocycles. The van der Waals surface area contributed by atoms with Crippen molar-refractivity contribution in [3.63, 3.8) is 0 Å². The molecule has 0 unspecified atom stereocenters. The van der Waals surface area contributed by atoms with Gasteiger partial charge in [-0.05, 0) is 20.2 Å². The molecule has 1 aromatic heterocycles. The van der Waals surface area contributed by atoms with Gasteiger partial charge in [0.2, 0.25) is 0 Å². The van der Waals surface area contributed by atoms with Crippen LogP contribution in [0.15, 0.2) is 6.07 Å². The standard InChI is InChI=1S/C11H19N5O.2ClH/c1-15(2)5-4-13-11(17)10-7-9-8-12-3-6-16(9)14-10;;/h7,12H,3-6,8H2,1-2H3,(H,13,17);2*1H. The first kappa shape index (κ1) is 18.2. The lowest BCUT2D eigenvalue weighted by Crippen LogP contribution is -2.31. The first-order chi connectivity index (χ1) is 8.16. The Labute approximate surface area is 125 Å². The van der Waals surface area contributed by atoms with Crippen LogP contribution < -0.4 is 10.6 Å². The molecule has 1 amide bonds. The van der Waals surface area contributed by atoms with E-state index in [-0.39, 0.29) is 30.7 Å². The van der Waals surface area contributed by atoms with Gasteiger partial charge in [-0.2, -0.15) is 5.10 Å². The Morgan fingerprint density at radius 2 is 2.26 bits per heavy atom. The van der Waals surface area contributed by atoms with Crippen LogP contribution >= 0.6 is 24.8 Å². The molecule has 1 aliphatic rings. The lowest BCUT2D eigenvalue weighted by Gasteiger charge is -2.13. The van der Waals surface area contributed by atoms with Crippen LogP contribution in [0.4, 0.5) is 0 Å². The summed E-state index contributed by atoms with van der Waals surface area (Å²) in [5, 5.41) is 10.4. The molecule has 1 aromatic rings.